The lowest BCUT2D eigenvalue weighted by Crippen LogP contribution is -2.50. The van der Waals surface area contributed by atoms with Crippen molar-refractivity contribution in [2.45, 2.75) is 4.90 Å². The molecule has 0 atom stereocenters. The van der Waals surface area contributed by atoms with E-state index in [0.717, 1.165) is 16.9 Å². The Bertz CT molecular complexity index is 1290. The number of thiazole rings is 1. The van der Waals surface area contributed by atoms with Crippen molar-refractivity contribution in [1.29, 1.82) is 0 Å². The van der Waals surface area contributed by atoms with Gasteiger partial charge in [-0.1, -0.05) is 41.1 Å². The van der Waals surface area contributed by atoms with E-state index < -0.39 is 10.0 Å². The number of carbonyl (C=O) groups is 1. The summed E-state index contributed by atoms with van der Waals surface area (Å²) in [5.74, 6) is -0.189. The Balaban J connectivity index is 1.43. The summed E-state index contributed by atoms with van der Waals surface area (Å²) in [4.78, 5) is 28.1. The summed E-state index contributed by atoms with van der Waals surface area (Å²) in [6, 6.07) is 11.8. The molecule has 156 valence electrons. The topological polar surface area (TPSA) is 90.6 Å². The summed E-state index contributed by atoms with van der Waals surface area (Å²) in [6.07, 6.45) is 3.11. The van der Waals surface area contributed by atoms with Crippen LogP contribution in [0.5, 0.6) is 0 Å². The van der Waals surface area contributed by atoms with Crippen LogP contribution in [0.1, 0.15) is 5.56 Å². The lowest BCUT2D eigenvalue weighted by Gasteiger charge is -2.33. The second kappa shape index (κ2) is 8.35. The molecule has 1 aliphatic rings. The van der Waals surface area contributed by atoms with Crippen LogP contribution in [0.15, 0.2) is 58.2 Å². The van der Waals surface area contributed by atoms with Gasteiger partial charge in [0, 0.05) is 37.3 Å². The zero-order valence-corrected chi connectivity index (χ0v) is 18.1. The summed E-state index contributed by atoms with van der Waals surface area (Å²) in [7, 11) is -3.70. The van der Waals surface area contributed by atoms with Crippen molar-refractivity contribution >= 4 is 55.2 Å². The Morgan fingerprint density at radius 1 is 1.10 bits per heavy atom. The number of piperazine rings is 1. The molecule has 30 heavy (non-hydrogen) atoms. The highest BCUT2D eigenvalue weighted by Crippen LogP contribution is 2.23. The lowest BCUT2D eigenvalue weighted by atomic mass is 10.2. The monoisotopic (exact) mass is 463 g/mol. The van der Waals surface area contributed by atoms with Crippen LogP contribution in [0.25, 0.3) is 16.3 Å². The number of halogens is 1. The molecule has 2 aromatic carbocycles. The number of nitrogens with zero attached hydrogens (tertiary/aromatic N) is 2. The van der Waals surface area contributed by atoms with Gasteiger partial charge in [-0.15, -0.1) is 0 Å². The maximum absolute atomic E-state index is 13.0. The van der Waals surface area contributed by atoms with E-state index in [9.17, 15) is 18.0 Å². The van der Waals surface area contributed by atoms with Gasteiger partial charge in [-0.3, -0.25) is 9.59 Å². The average Bonchev–Trinajstić information content (AvgIpc) is 3.12. The summed E-state index contributed by atoms with van der Waals surface area (Å²) in [5, 5.41) is 0.557. The second-order valence-electron chi connectivity index (χ2n) is 6.76. The molecule has 3 aromatic rings. The first-order valence-electron chi connectivity index (χ1n) is 9.19. The predicted molar refractivity (Wildman–Crippen MR) is 118 cm³/mol. The SMILES string of the molecule is O=C(/C=C/c1ccccc1Cl)N1CCN(S(=O)(=O)c2ccc3[nH]c(=O)sc3c2)CC1. The van der Waals surface area contributed by atoms with E-state index in [1.165, 1.54) is 22.5 Å². The van der Waals surface area contributed by atoms with Crippen molar-refractivity contribution in [3.8, 4) is 0 Å². The fourth-order valence-corrected chi connectivity index (χ4v) is 5.76. The van der Waals surface area contributed by atoms with Crippen LogP contribution in [0.3, 0.4) is 0 Å². The molecule has 1 N–H and O–H groups in total. The Hall–Kier alpha value is -2.46. The van der Waals surface area contributed by atoms with E-state index >= 15 is 0 Å². The smallest absolute Gasteiger partial charge is 0.305 e. The Morgan fingerprint density at radius 3 is 2.57 bits per heavy atom. The number of aromatic amines is 1. The number of fused-ring (bicyclic) bond motifs is 1. The minimum absolute atomic E-state index is 0.142. The molecule has 1 fully saturated rings. The first kappa shape index (κ1) is 20.8. The number of amides is 1. The van der Waals surface area contributed by atoms with Gasteiger partial charge in [-0.05, 0) is 35.9 Å². The van der Waals surface area contributed by atoms with E-state index in [2.05, 4.69) is 4.98 Å². The normalized spacial score (nSPS) is 15.8. The van der Waals surface area contributed by atoms with Gasteiger partial charge >= 0.3 is 4.87 Å². The molecular formula is C20H18ClN3O4S2. The molecule has 1 aromatic heterocycles. The van der Waals surface area contributed by atoms with Gasteiger partial charge in [0.1, 0.15) is 0 Å². The molecule has 0 spiro atoms. The summed E-state index contributed by atoms with van der Waals surface area (Å²) >= 11 is 7.06. The molecule has 0 bridgehead atoms. The number of nitrogens with one attached hydrogen (secondary N) is 1. The molecule has 1 amide bonds. The molecule has 1 saturated heterocycles. The van der Waals surface area contributed by atoms with Gasteiger partial charge in [0.2, 0.25) is 15.9 Å². The molecule has 0 aliphatic carbocycles. The van der Waals surface area contributed by atoms with E-state index in [1.807, 2.05) is 18.2 Å². The molecule has 10 heteroatoms. The Morgan fingerprint density at radius 2 is 1.83 bits per heavy atom. The van der Waals surface area contributed by atoms with Crippen molar-refractivity contribution in [1.82, 2.24) is 14.2 Å². The van der Waals surface area contributed by atoms with Gasteiger partial charge in [0.15, 0.2) is 0 Å². The van der Waals surface area contributed by atoms with Gasteiger partial charge in [-0.2, -0.15) is 4.31 Å². The van der Waals surface area contributed by atoms with Crippen molar-refractivity contribution in [3.05, 3.63) is 68.8 Å². The molecule has 2 heterocycles. The largest absolute Gasteiger partial charge is 0.337 e. The molecule has 7 nitrogen and oxygen atoms in total. The highest BCUT2D eigenvalue weighted by molar-refractivity contribution is 7.89. The molecule has 0 unspecified atom stereocenters. The zero-order chi connectivity index (χ0) is 21.3. The maximum Gasteiger partial charge on any atom is 0.305 e. The highest BCUT2D eigenvalue weighted by Gasteiger charge is 2.29. The number of carbonyl (C=O) groups excluding carboxylic acids is 1. The highest BCUT2D eigenvalue weighted by atomic mass is 35.5. The number of H-pyrrole nitrogens is 1. The standard InChI is InChI=1S/C20H18ClN3O4S2/c21-16-4-2-1-3-14(16)5-8-19(25)23-9-11-24(12-10-23)30(27,28)15-6-7-17-18(13-15)29-20(26)22-17/h1-8,13H,9-12H2,(H,22,26)/b8-5+. The van der Waals surface area contributed by atoms with E-state index in [1.54, 1.807) is 23.1 Å². The fourth-order valence-electron chi connectivity index (χ4n) is 3.26. The number of benzene rings is 2. The quantitative estimate of drug-likeness (QED) is 0.602. The molecule has 1 aliphatic heterocycles. The van der Waals surface area contributed by atoms with Crippen LogP contribution < -0.4 is 4.87 Å². The summed E-state index contributed by atoms with van der Waals surface area (Å²) in [5.41, 5.74) is 1.36. The zero-order valence-electron chi connectivity index (χ0n) is 15.7. The summed E-state index contributed by atoms with van der Waals surface area (Å²) in [6.45, 7) is 1.00. The van der Waals surface area contributed by atoms with Gasteiger partial charge in [-0.25, -0.2) is 8.42 Å². The number of hydrogen-bond acceptors (Lipinski definition) is 5. The van der Waals surface area contributed by atoms with Crippen LogP contribution >= 0.6 is 22.9 Å². The van der Waals surface area contributed by atoms with Crippen LogP contribution in [-0.2, 0) is 14.8 Å². The van der Waals surface area contributed by atoms with Crippen LogP contribution in [0, 0.1) is 0 Å². The fraction of sp³-hybridized carbons (Fsp3) is 0.200. The number of hydrogen-bond donors (Lipinski definition) is 1. The molecule has 0 radical (unpaired) electrons. The van der Waals surface area contributed by atoms with Gasteiger partial charge in [0.05, 0.1) is 15.1 Å². The van der Waals surface area contributed by atoms with Crippen molar-refractivity contribution in [2.75, 3.05) is 26.2 Å². The van der Waals surface area contributed by atoms with Crippen molar-refractivity contribution in [2.24, 2.45) is 0 Å². The third kappa shape index (κ3) is 4.20. The van der Waals surface area contributed by atoms with Gasteiger partial charge < -0.3 is 9.88 Å². The maximum atomic E-state index is 13.0. The van der Waals surface area contributed by atoms with Gasteiger partial charge in [0.25, 0.3) is 0 Å². The third-order valence-electron chi connectivity index (χ3n) is 4.89. The predicted octanol–water partition coefficient (Wildman–Crippen LogP) is 2.79. The van der Waals surface area contributed by atoms with Crippen LogP contribution in [0.2, 0.25) is 5.02 Å². The molecule has 0 saturated carbocycles. The van der Waals surface area contributed by atoms with E-state index in [0.29, 0.717) is 28.3 Å². The van der Waals surface area contributed by atoms with Crippen LogP contribution in [0.4, 0.5) is 0 Å². The average molecular weight is 464 g/mol. The van der Waals surface area contributed by atoms with Crippen LogP contribution in [-0.4, -0.2) is 54.7 Å². The molecule has 4 rings (SSSR count). The minimum Gasteiger partial charge on any atom is -0.337 e. The Labute approximate surface area is 182 Å². The number of rotatable bonds is 4. The van der Waals surface area contributed by atoms with E-state index in [4.69, 9.17) is 11.6 Å². The number of sulfonamides is 1. The lowest BCUT2D eigenvalue weighted by molar-refractivity contribution is -0.127. The first-order chi connectivity index (χ1) is 14.3. The minimum atomic E-state index is -3.70. The third-order valence-corrected chi connectivity index (χ3v) is 7.98. The summed E-state index contributed by atoms with van der Waals surface area (Å²) < 4.78 is 27.9. The molecular weight excluding hydrogens is 446 g/mol. The second-order valence-corrected chi connectivity index (χ2v) is 10.1. The van der Waals surface area contributed by atoms with Crippen molar-refractivity contribution in [3.63, 3.8) is 0 Å². The number of aromatic nitrogens is 1. The van der Waals surface area contributed by atoms with Crippen molar-refractivity contribution < 1.29 is 13.2 Å². The van der Waals surface area contributed by atoms with E-state index in [-0.39, 0.29) is 28.8 Å². The Kier molecular flexibility index (Phi) is 5.79. The first-order valence-corrected chi connectivity index (χ1v) is 11.8.